The average molecular weight is 305 g/mol. The Kier molecular flexibility index (Phi) is 10.3. The summed E-state index contributed by atoms with van der Waals surface area (Å²) in [5, 5.41) is 0. The van der Waals surface area contributed by atoms with E-state index in [0.717, 1.165) is 26.1 Å². The largest absolute Gasteiger partial charge is 0.417 e. The van der Waals surface area contributed by atoms with Crippen molar-refractivity contribution in [3.8, 4) is 0 Å². The first kappa shape index (κ1) is 19.4. The molecular weight excluding hydrogens is 268 g/mol. The van der Waals surface area contributed by atoms with Gasteiger partial charge in [0.05, 0.1) is 0 Å². The maximum Gasteiger partial charge on any atom is 0.191 e. The molecule has 0 spiro atoms. The van der Waals surface area contributed by atoms with E-state index in [1.807, 2.05) is 0 Å². The van der Waals surface area contributed by atoms with Crippen LogP contribution in [0.25, 0.3) is 0 Å². The molecule has 2 nitrogen and oxygen atoms in total. The van der Waals surface area contributed by atoms with Gasteiger partial charge in [0.1, 0.15) is 0 Å². The van der Waals surface area contributed by atoms with E-state index in [9.17, 15) is 0 Å². The van der Waals surface area contributed by atoms with Crippen molar-refractivity contribution < 1.29 is 8.85 Å². The molecule has 0 aliphatic carbocycles. The fourth-order valence-corrected chi connectivity index (χ4v) is 15.3. The van der Waals surface area contributed by atoms with Crippen molar-refractivity contribution in [3.05, 3.63) is 0 Å². The van der Waals surface area contributed by atoms with Crippen LogP contribution in [0.5, 0.6) is 0 Å². The zero-order chi connectivity index (χ0) is 14.8. The topological polar surface area (TPSA) is 18.5 Å². The highest BCUT2D eigenvalue weighted by Crippen LogP contribution is 2.33. The summed E-state index contributed by atoms with van der Waals surface area (Å²) >= 11 is 0. The lowest BCUT2D eigenvalue weighted by molar-refractivity contribution is 0.285. The van der Waals surface area contributed by atoms with Crippen molar-refractivity contribution in [2.75, 3.05) is 13.2 Å². The molecule has 0 aromatic rings. The van der Waals surface area contributed by atoms with Gasteiger partial charge in [-0.3, -0.25) is 0 Å². The van der Waals surface area contributed by atoms with E-state index >= 15 is 0 Å². The van der Waals surface area contributed by atoms with Crippen molar-refractivity contribution >= 4 is 16.6 Å². The smallest absolute Gasteiger partial charge is 0.191 e. The normalized spacial score (nSPS) is 12.9. The summed E-state index contributed by atoms with van der Waals surface area (Å²) in [7, 11) is -3.11. The van der Waals surface area contributed by atoms with Crippen LogP contribution in [0.1, 0.15) is 54.4 Å². The third-order valence-electron chi connectivity index (χ3n) is 4.45. The van der Waals surface area contributed by atoms with Gasteiger partial charge in [-0.1, -0.05) is 41.5 Å². The fraction of sp³-hybridized carbons (Fsp3) is 1.00. The van der Waals surface area contributed by atoms with Gasteiger partial charge >= 0.3 is 0 Å². The molecule has 0 amide bonds. The SMILES string of the molecule is CCCO[Si](CC)(CC)C[Si](CC)(CC)OCCC. The van der Waals surface area contributed by atoms with Crippen molar-refractivity contribution in [1.29, 1.82) is 0 Å². The molecule has 0 bridgehead atoms. The summed E-state index contributed by atoms with van der Waals surface area (Å²) in [6.07, 6.45) is 2.27. The minimum Gasteiger partial charge on any atom is -0.417 e. The Hall–Kier alpha value is 0.354. The van der Waals surface area contributed by atoms with Crippen LogP contribution in [-0.4, -0.2) is 29.8 Å². The van der Waals surface area contributed by atoms with E-state index in [4.69, 9.17) is 8.85 Å². The maximum atomic E-state index is 6.41. The molecule has 0 aliphatic heterocycles. The zero-order valence-electron chi connectivity index (χ0n) is 14.2. The van der Waals surface area contributed by atoms with E-state index in [2.05, 4.69) is 41.5 Å². The Morgan fingerprint density at radius 1 is 0.579 bits per heavy atom. The van der Waals surface area contributed by atoms with Gasteiger partial charge < -0.3 is 8.85 Å². The van der Waals surface area contributed by atoms with Gasteiger partial charge in [-0.25, -0.2) is 0 Å². The van der Waals surface area contributed by atoms with Gasteiger partial charge in [0.2, 0.25) is 0 Å². The Morgan fingerprint density at radius 2 is 0.895 bits per heavy atom. The highest BCUT2D eigenvalue weighted by Gasteiger charge is 2.43. The fourth-order valence-electron chi connectivity index (χ4n) is 2.73. The van der Waals surface area contributed by atoms with Crippen LogP contribution in [0.4, 0.5) is 0 Å². The minimum atomic E-state index is -1.56. The molecule has 0 aromatic heterocycles. The van der Waals surface area contributed by atoms with Crippen LogP contribution in [0.2, 0.25) is 29.8 Å². The third kappa shape index (κ3) is 6.11. The first-order valence-corrected chi connectivity index (χ1v) is 13.4. The second-order valence-electron chi connectivity index (χ2n) is 5.65. The first-order valence-electron chi connectivity index (χ1n) is 8.35. The molecule has 0 saturated carbocycles. The summed E-state index contributed by atoms with van der Waals surface area (Å²) in [6, 6.07) is 4.98. The van der Waals surface area contributed by atoms with Gasteiger partial charge in [0.15, 0.2) is 16.6 Å². The molecule has 0 heterocycles. The van der Waals surface area contributed by atoms with E-state index < -0.39 is 16.6 Å². The minimum absolute atomic E-state index is 0.944. The predicted octanol–water partition coefficient (Wildman–Crippen LogP) is 5.35. The molecule has 0 unspecified atom stereocenters. The number of hydrogen-bond donors (Lipinski definition) is 0. The standard InChI is InChI=1S/C15H36O2Si2/c1-7-13-16-18(9-3,10-4)15-19(11-5,12-6)17-14-8-2/h7-15H2,1-6H3. The summed E-state index contributed by atoms with van der Waals surface area (Å²) in [5.41, 5.74) is 1.31. The lowest BCUT2D eigenvalue weighted by atomic mass is 10.5. The van der Waals surface area contributed by atoms with Gasteiger partial charge in [0, 0.05) is 13.2 Å². The molecule has 0 aromatic carbocycles. The van der Waals surface area contributed by atoms with Gasteiger partial charge in [-0.2, -0.15) is 0 Å². The highest BCUT2D eigenvalue weighted by molar-refractivity contribution is 6.91. The van der Waals surface area contributed by atoms with Gasteiger partial charge in [0.25, 0.3) is 0 Å². The van der Waals surface area contributed by atoms with Crippen molar-refractivity contribution in [2.24, 2.45) is 0 Å². The van der Waals surface area contributed by atoms with Crippen LogP contribution in [0, 0.1) is 0 Å². The van der Waals surface area contributed by atoms with E-state index in [1.165, 1.54) is 29.8 Å². The summed E-state index contributed by atoms with van der Waals surface area (Å²) in [5.74, 6) is 0. The van der Waals surface area contributed by atoms with Crippen LogP contribution in [-0.2, 0) is 8.85 Å². The lowest BCUT2D eigenvalue weighted by Gasteiger charge is -2.39. The molecule has 0 radical (unpaired) electrons. The summed E-state index contributed by atoms with van der Waals surface area (Å²) in [6.45, 7) is 15.6. The molecule has 0 N–H and O–H groups in total. The zero-order valence-corrected chi connectivity index (χ0v) is 16.2. The summed E-state index contributed by atoms with van der Waals surface area (Å²) in [4.78, 5) is 0. The quantitative estimate of drug-likeness (QED) is 0.452. The Balaban J connectivity index is 4.90. The van der Waals surface area contributed by atoms with Crippen molar-refractivity contribution in [2.45, 2.75) is 84.2 Å². The molecule has 19 heavy (non-hydrogen) atoms. The molecular formula is C15H36O2Si2. The molecule has 116 valence electrons. The molecule has 0 rings (SSSR count). The van der Waals surface area contributed by atoms with Crippen LogP contribution < -0.4 is 0 Å². The van der Waals surface area contributed by atoms with Crippen molar-refractivity contribution in [1.82, 2.24) is 0 Å². The van der Waals surface area contributed by atoms with Crippen molar-refractivity contribution in [3.63, 3.8) is 0 Å². The molecule has 0 fully saturated rings. The third-order valence-corrected chi connectivity index (χ3v) is 16.4. The Bertz CT molecular complexity index is 192. The van der Waals surface area contributed by atoms with E-state index in [0.29, 0.717) is 0 Å². The van der Waals surface area contributed by atoms with Gasteiger partial charge in [-0.05, 0) is 42.7 Å². The lowest BCUT2D eigenvalue weighted by Crippen LogP contribution is -2.50. The Morgan fingerprint density at radius 3 is 1.11 bits per heavy atom. The molecule has 0 saturated heterocycles. The summed E-state index contributed by atoms with van der Waals surface area (Å²) < 4.78 is 12.8. The molecule has 4 heteroatoms. The monoisotopic (exact) mass is 304 g/mol. The number of rotatable bonds is 12. The second kappa shape index (κ2) is 10.1. The Labute approximate surface area is 123 Å². The van der Waals surface area contributed by atoms with Crippen LogP contribution in [0.3, 0.4) is 0 Å². The van der Waals surface area contributed by atoms with Crippen LogP contribution in [0.15, 0.2) is 0 Å². The van der Waals surface area contributed by atoms with E-state index in [-0.39, 0.29) is 0 Å². The maximum absolute atomic E-state index is 6.41. The van der Waals surface area contributed by atoms with Gasteiger partial charge in [-0.15, -0.1) is 0 Å². The molecule has 0 aliphatic rings. The second-order valence-corrected chi connectivity index (χ2v) is 15.2. The van der Waals surface area contributed by atoms with E-state index in [1.54, 1.807) is 0 Å². The van der Waals surface area contributed by atoms with Crippen LogP contribution >= 0.6 is 0 Å². The first-order chi connectivity index (χ1) is 9.07. The average Bonchev–Trinajstić information content (AvgIpc) is 2.48. The predicted molar refractivity (Wildman–Crippen MR) is 90.7 cm³/mol. The molecule has 0 atom stereocenters. The highest BCUT2D eigenvalue weighted by atomic mass is 28.4. The number of hydrogen-bond acceptors (Lipinski definition) is 2.